The van der Waals surface area contributed by atoms with Crippen LogP contribution in [-0.2, 0) is 12.6 Å². The van der Waals surface area contributed by atoms with Crippen LogP contribution >= 0.6 is 0 Å². The van der Waals surface area contributed by atoms with Crippen molar-refractivity contribution >= 4 is 10.9 Å². The minimum Gasteiger partial charge on any atom is -0.319 e. The van der Waals surface area contributed by atoms with Crippen LogP contribution in [0.15, 0.2) is 24.5 Å². The molecule has 1 heterocycles. The van der Waals surface area contributed by atoms with Crippen LogP contribution in [0.3, 0.4) is 0 Å². The summed E-state index contributed by atoms with van der Waals surface area (Å²) in [7, 11) is 1.78. The number of likely N-dealkylation sites (N-methyl/N-ethyl adjacent to an activating group) is 1. The fourth-order valence-electron chi connectivity index (χ4n) is 1.73. The van der Waals surface area contributed by atoms with E-state index >= 15 is 0 Å². The number of aromatic nitrogens is 2. The second-order valence-corrected chi connectivity index (χ2v) is 3.90. The topological polar surface area (TPSA) is 37.8 Å². The van der Waals surface area contributed by atoms with Gasteiger partial charge in [0.15, 0.2) is 0 Å². The van der Waals surface area contributed by atoms with E-state index in [1.54, 1.807) is 7.05 Å². The Kier molecular flexibility index (Phi) is 3.47. The van der Waals surface area contributed by atoms with Gasteiger partial charge in [0.2, 0.25) is 0 Å². The largest absolute Gasteiger partial charge is 0.416 e. The minimum absolute atomic E-state index is 0.461. The van der Waals surface area contributed by atoms with E-state index in [0.29, 0.717) is 29.6 Å². The molecule has 0 unspecified atom stereocenters. The molecule has 2 rings (SSSR count). The van der Waals surface area contributed by atoms with Crippen LogP contribution in [-0.4, -0.2) is 23.6 Å². The number of nitrogens with one attached hydrogen (secondary N) is 1. The summed E-state index contributed by atoms with van der Waals surface area (Å²) < 4.78 is 37.9. The molecule has 2 aromatic rings. The van der Waals surface area contributed by atoms with Crippen molar-refractivity contribution in [3.8, 4) is 0 Å². The van der Waals surface area contributed by atoms with Gasteiger partial charge in [0.05, 0.1) is 16.8 Å². The Labute approximate surface area is 102 Å². The van der Waals surface area contributed by atoms with Crippen molar-refractivity contribution in [1.29, 1.82) is 0 Å². The summed E-state index contributed by atoms with van der Waals surface area (Å²) in [5.41, 5.74) is 0.486. The highest BCUT2D eigenvalue weighted by Gasteiger charge is 2.30. The lowest BCUT2D eigenvalue weighted by Crippen LogP contribution is -2.12. The molecule has 0 amide bonds. The zero-order valence-corrected chi connectivity index (χ0v) is 9.75. The molecule has 0 bridgehead atoms. The Hall–Kier alpha value is -1.69. The van der Waals surface area contributed by atoms with E-state index in [1.165, 1.54) is 12.4 Å². The zero-order chi connectivity index (χ0) is 13.2. The Balaban J connectivity index is 2.51. The summed E-state index contributed by atoms with van der Waals surface area (Å²) in [4.78, 5) is 8.02. The van der Waals surface area contributed by atoms with Crippen LogP contribution in [0, 0.1) is 0 Å². The maximum atomic E-state index is 12.6. The highest BCUT2D eigenvalue weighted by Crippen LogP contribution is 2.31. The minimum atomic E-state index is -4.34. The van der Waals surface area contributed by atoms with Crippen molar-refractivity contribution in [3.63, 3.8) is 0 Å². The molecule has 0 aliphatic heterocycles. The van der Waals surface area contributed by atoms with Gasteiger partial charge in [-0.3, -0.25) is 0 Å². The first-order valence-electron chi connectivity index (χ1n) is 5.48. The predicted octanol–water partition coefficient (Wildman–Crippen LogP) is 2.41. The molecule has 0 aliphatic carbocycles. The van der Waals surface area contributed by atoms with Gasteiger partial charge in [-0.25, -0.2) is 9.97 Å². The first-order chi connectivity index (χ1) is 8.52. The molecule has 0 fully saturated rings. The van der Waals surface area contributed by atoms with E-state index < -0.39 is 11.7 Å². The third-order valence-corrected chi connectivity index (χ3v) is 2.66. The van der Waals surface area contributed by atoms with Gasteiger partial charge >= 0.3 is 6.18 Å². The smallest absolute Gasteiger partial charge is 0.319 e. The van der Waals surface area contributed by atoms with Crippen LogP contribution in [0.5, 0.6) is 0 Å². The molecule has 0 aliphatic rings. The molecular weight excluding hydrogens is 243 g/mol. The first kappa shape index (κ1) is 12.8. The van der Waals surface area contributed by atoms with Crippen molar-refractivity contribution in [2.24, 2.45) is 0 Å². The van der Waals surface area contributed by atoms with Gasteiger partial charge in [-0.15, -0.1) is 0 Å². The van der Waals surface area contributed by atoms with E-state index in [1.807, 2.05) is 0 Å². The Morgan fingerprint density at radius 2 is 2.00 bits per heavy atom. The third-order valence-electron chi connectivity index (χ3n) is 2.66. The molecule has 0 saturated carbocycles. The number of benzene rings is 1. The Morgan fingerprint density at radius 1 is 1.22 bits per heavy atom. The van der Waals surface area contributed by atoms with Gasteiger partial charge in [0, 0.05) is 18.4 Å². The highest BCUT2D eigenvalue weighted by molar-refractivity contribution is 5.81. The second kappa shape index (κ2) is 4.89. The normalized spacial score (nSPS) is 12.0. The molecule has 18 heavy (non-hydrogen) atoms. The van der Waals surface area contributed by atoms with Gasteiger partial charge in [0.1, 0.15) is 6.33 Å². The molecule has 0 saturated heterocycles. The third kappa shape index (κ3) is 2.59. The summed E-state index contributed by atoms with van der Waals surface area (Å²) in [6.45, 7) is 0.655. The average molecular weight is 255 g/mol. The summed E-state index contributed by atoms with van der Waals surface area (Å²) in [5.74, 6) is 0. The van der Waals surface area contributed by atoms with Crippen molar-refractivity contribution in [3.05, 3.63) is 35.8 Å². The summed E-state index contributed by atoms with van der Waals surface area (Å²) in [6.07, 6.45) is -2.40. The first-order valence-corrected chi connectivity index (χ1v) is 5.48. The molecule has 0 atom stereocenters. The molecule has 96 valence electrons. The Morgan fingerprint density at radius 3 is 2.67 bits per heavy atom. The number of halogens is 3. The number of fused-ring (bicyclic) bond motifs is 1. The molecule has 1 aromatic carbocycles. The van der Waals surface area contributed by atoms with E-state index in [-0.39, 0.29) is 0 Å². The number of hydrogen-bond donors (Lipinski definition) is 1. The van der Waals surface area contributed by atoms with Crippen molar-refractivity contribution < 1.29 is 13.2 Å². The molecule has 1 aromatic heterocycles. The molecule has 3 nitrogen and oxygen atoms in total. The van der Waals surface area contributed by atoms with Crippen LogP contribution in [0.25, 0.3) is 10.9 Å². The fourth-order valence-corrected chi connectivity index (χ4v) is 1.73. The lowest BCUT2D eigenvalue weighted by Gasteiger charge is -2.09. The van der Waals surface area contributed by atoms with E-state index in [0.717, 1.165) is 12.1 Å². The Bertz CT molecular complexity index is 552. The maximum Gasteiger partial charge on any atom is 0.416 e. The van der Waals surface area contributed by atoms with Crippen molar-refractivity contribution in [2.75, 3.05) is 13.6 Å². The summed E-state index contributed by atoms with van der Waals surface area (Å²) in [5, 5.41) is 3.40. The van der Waals surface area contributed by atoms with Gasteiger partial charge in [-0.1, -0.05) is 0 Å². The van der Waals surface area contributed by atoms with Crippen LogP contribution in [0.2, 0.25) is 0 Å². The quantitative estimate of drug-likeness (QED) is 0.915. The number of rotatable bonds is 3. The lowest BCUT2D eigenvalue weighted by atomic mass is 10.1. The number of nitrogens with zero attached hydrogens (tertiary/aromatic N) is 2. The zero-order valence-electron chi connectivity index (χ0n) is 9.75. The monoisotopic (exact) mass is 255 g/mol. The average Bonchev–Trinajstić information content (AvgIpc) is 2.34. The van der Waals surface area contributed by atoms with Crippen LogP contribution in [0.1, 0.15) is 11.3 Å². The van der Waals surface area contributed by atoms with Gasteiger partial charge < -0.3 is 5.32 Å². The predicted molar refractivity (Wildman–Crippen MR) is 62.2 cm³/mol. The van der Waals surface area contributed by atoms with Crippen molar-refractivity contribution in [2.45, 2.75) is 12.6 Å². The van der Waals surface area contributed by atoms with Gasteiger partial charge in [0.25, 0.3) is 0 Å². The highest BCUT2D eigenvalue weighted by atomic mass is 19.4. The van der Waals surface area contributed by atoms with Gasteiger partial charge in [-0.2, -0.15) is 13.2 Å². The second-order valence-electron chi connectivity index (χ2n) is 3.90. The molecule has 0 spiro atoms. The van der Waals surface area contributed by atoms with E-state index in [4.69, 9.17) is 0 Å². The lowest BCUT2D eigenvalue weighted by molar-refractivity contribution is -0.137. The SMILES string of the molecule is CNCCc1ncnc2ccc(C(F)(F)F)cc12. The maximum absolute atomic E-state index is 12.6. The molecular formula is C12H12F3N3. The summed E-state index contributed by atoms with van der Waals surface area (Å²) in [6, 6.07) is 3.53. The van der Waals surface area contributed by atoms with Crippen LogP contribution < -0.4 is 5.32 Å². The number of alkyl halides is 3. The standard InChI is InChI=1S/C12H12F3N3/c1-16-5-4-11-9-6-8(12(13,14)15)2-3-10(9)17-7-18-11/h2-3,6-7,16H,4-5H2,1H3. The van der Waals surface area contributed by atoms with Crippen LogP contribution in [0.4, 0.5) is 13.2 Å². The number of hydrogen-bond acceptors (Lipinski definition) is 3. The summed E-state index contributed by atoms with van der Waals surface area (Å²) >= 11 is 0. The van der Waals surface area contributed by atoms with E-state index in [2.05, 4.69) is 15.3 Å². The van der Waals surface area contributed by atoms with Gasteiger partial charge in [-0.05, 0) is 25.2 Å². The molecule has 6 heteroatoms. The van der Waals surface area contributed by atoms with Crippen molar-refractivity contribution in [1.82, 2.24) is 15.3 Å². The fraction of sp³-hybridized carbons (Fsp3) is 0.333. The van der Waals surface area contributed by atoms with E-state index in [9.17, 15) is 13.2 Å². The molecule has 1 N–H and O–H groups in total. The molecule has 0 radical (unpaired) electrons.